The predicted octanol–water partition coefficient (Wildman–Crippen LogP) is 1.62. The number of esters is 1. The zero-order valence-corrected chi connectivity index (χ0v) is 9.29. The minimum Gasteiger partial charge on any atom is -0.469 e. The lowest BCUT2D eigenvalue weighted by atomic mass is 10.2. The maximum Gasteiger partial charge on any atom is 0.308 e. The van der Waals surface area contributed by atoms with Crippen molar-refractivity contribution in [3.8, 4) is 0 Å². The summed E-state index contributed by atoms with van der Waals surface area (Å²) >= 11 is 1.56. The third-order valence-corrected chi connectivity index (χ3v) is 3.42. The fourth-order valence-corrected chi connectivity index (χ4v) is 2.35. The van der Waals surface area contributed by atoms with Gasteiger partial charge in [0, 0.05) is 11.3 Å². The number of aliphatic hydroxyl groups excluding tert-OH is 1. The number of carbonyl (C=O) groups is 1. The van der Waals surface area contributed by atoms with Crippen LogP contribution in [0.5, 0.6) is 0 Å². The van der Waals surface area contributed by atoms with Gasteiger partial charge in [0.25, 0.3) is 0 Å². The van der Waals surface area contributed by atoms with E-state index in [0.717, 1.165) is 5.01 Å². The van der Waals surface area contributed by atoms with Gasteiger partial charge >= 0.3 is 5.97 Å². The summed E-state index contributed by atoms with van der Waals surface area (Å²) in [6.07, 6.45) is 1.53. The Morgan fingerprint density at radius 3 is 3.13 bits per heavy atom. The normalized spacial score (nSPS) is 17.5. The summed E-state index contributed by atoms with van der Waals surface area (Å²) in [5.41, 5.74) is 0.590. The van der Waals surface area contributed by atoms with Gasteiger partial charge in [0.2, 0.25) is 0 Å². The summed E-state index contributed by atoms with van der Waals surface area (Å²) in [6, 6.07) is 0. The number of rotatable bonds is 4. The molecule has 1 unspecified atom stereocenters. The van der Waals surface area contributed by atoms with Crippen molar-refractivity contribution in [1.29, 1.82) is 0 Å². The van der Waals surface area contributed by atoms with Gasteiger partial charge in [-0.25, -0.2) is 4.98 Å². The molecule has 0 radical (unpaired) electrons. The topological polar surface area (TPSA) is 59.4 Å². The minimum absolute atomic E-state index is 0.0235. The maximum atomic E-state index is 10.9. The van der Waals surface area contributed by atoms with E-state index in [0.29, 0.717) is 11.6 Å². The zero-order valence-electron chi connectivity index (χ0n) is 8.47. The molecule has 0 saturated heterocycles. The highest BCUT2D eigenvalue weighted by Gasteiger charge is 2.27. The van der Waals surface area contributed by atoms with Gasteiger partial charge in [-0.3, -0.25) is 4.79 Å². The standard InChI is InChI=1S/C10H13NO3S/c1-14-9(13)4-8(12)7-5-15-10(11-7)6-2-3-6/h5-6,8,12H,2-4H2,1H3. The number of nitrogens with zero attached hydrogens (tertiary/aromatic N) is 1. The summed E-state index contributed by atoms with van der Waals surface area (Å²) < 4.78 is 4.49. The van der Waals surface area contributed by atoms with Gasteiger partial charge in [-0.05, 0) is 12.8 Å². The molecular weight excluding hydrogens is 214 g/mol. The Balaban J connectivity index is 1.98. The van der Waals surface area contributed by atoms with Gasteiger partial charge in [0.05, 0.1) is 24.2 Å². The molecule has 1 fully saturated rings. The highest BCUT2D eigenvalue weighted by Crippen LogP contribution is 2.41. The first kappa shape index (κ1) is 10.6. The molecule has 1 aliphatic carbocycles. The van der Waals surface area contributed by atoms with Gasteiger partial charge in [0.1, 0.15) is 6.10 Å². The number of thiazole rings is 1. The van der Waals surface area contributed by atoms with E-state index in [2.05, 4.69) is 9.72 Å². The Kier molecular flexibility index (Phi) is 3.02. The van der Waals surface area contributed by atoms with Crippen molar-refractivity contribution in [2.75, 3.05) is 7.11 Å². The molecule has 82 valence electrons. The summed E-state index contributed by atoms with van der Waals surface area (Å²) in [5, 5.41) is 12.6. The fourth-order valence-electron chi connectivity index (χ4n) is 1.32. The SMILES string of the molecule is COC(=O)CC(O)c1csc(C2CC2)n1. The van der Waals surface area contributed by atoms with Crippen molar-refractivity contribution in [3.05, 3.63) is 16.1 Å². The van der Waals surface area contributed by atoms with E-state index in [9.17, 15) is 9.90 Å². The van der Waals surface area contributed by atoms with Crippen LogP contribution in [0.25, 0.3) is 0 Å². The van der Waals surface area contributed by atoms with Crippen LogP contribution in [0.3, 0.4) is 0 Å². The first-order chi connectivity index (χ1) is 7.20. The number of aliphatic hydroxyl groups is 1. The number of carbonyl (C=O) groups excluding carboxylic acids is 1. The Bertz CT molecular complexity index is 359. The molecule has 0 bridgehead atoms. The van der Waals surface area contributed by atoms with Crippen molar-refractivity contribution >= 4 is 17.3 Å². The van der Waals surface area contributed by atoms with Crippen molar-refractivity contribution in [2.24, 2.45) is 0 Å². The Morgan fingerprint density at radius 1 is 1.80 bits per heavy atom. The highest BCUT2D eigenvalue weighted by atomic mass is 32.1. The van der Waals surface area contributed by atoms with Crippen LogP contribution >= 0.6 is 11.3 Å². The van der Waals surface area contributed by atoms with Crippen LogP contribution in [0.4, 0.5) is 0 Å². The maximum absolute atomic E-state index is 10.9. The average Bonchev–Trinajstić information content (AvgIpc) is 2.96. The number of aromatic nitrogens is 1. The van der Waals surface area contributed by atoms with Crippen LogP contribution in [0.1, 0.15) is 42.0 Å². The third kappa shape index (κ3) is 2.54. The van der Waals surface area contributed by atoms with Crippen LogP contribution < -0.4 is 0 Å². The van der Waals surface area contributed by atoms with Crippen molar-refractivity contribution in [2.45, 2.75) is 31.3 Å². The molecule has 0 aromatic carbocycles. The van der Waals surface area contributed by atoms with Crippen LogP contribution in [0.15, 0.2) is 5.38 Å². The lowest BCUT2D eigenvalue weighted by Crippen LogP contribution is -2.08. The second kappa shape index (κ2) is 4.28. The number of methoxy groups -OCH3 is 1. The largest absolute Gasteiger partial charge is 0.469 e. The van der Waals surface area contributed by atoms with Gasteiger partial charge in [0.15, 0.2) is 0 Å². The van der Waals surface area contributed by atoms with E-state index in [1.807, 2.05) is 5.38 Å². The highest BCUT2D eigenvalue weighted by molar-refractivity contribution is 7.09. The van der Waals surface area contributed by atoms with Crippen molar-refractivity contribution in [1.82, 2.24) is 4.98 Å². The summed E-state index contributed by atoms with van der Waals surface area (Å²) in [7, 11) is 1.31. The van der Waals surface area contributed by atoms with E-state index >= 15 is 0 Å². The molecule has 1 heterocycles. The molecular formula is C10H13NO3S. The fraction of sp³-hybridized carbons (Fsp3) is 0.600. The molecule has 1 aliphatic rings. The first-order valence-electron chi connectivity index (χ1n) is 4.91. The van der Waals surface area contributed by atoms with Crippen LogP contribution in [0, 0.1) is 0 Å². The molecule has 1 N–H and O–H groups in total. The summed E-state index contributed by atoms with van der Waals surface area (Å²) in [6.45, 7) is 0. The molecule has 0 amide bonds. The zero-order chi connectivity index (χ0) is 10.8. The molecule has 0 spiro atoms. The third-order valence-electron chi connectivity index (χ3n) is 2.40. The predicted molar refractivity (Wildman–Crippen MR) is 55.7 cm³/mol. The smallest absolute Gasteiger partial charge is 0.308 e. The van der Waals surface area contributed by atoms with E-state index in [4.69, 9.17) is 0 Å². The number of hydrogen-bond acceptors (Lipinski definition) is 5. The van der Waals surface area contributed by atoms with Crippen LogP contribution in [-0.4, -0.2) is 23.2 Å². The summed E-state index contributed by atoms with van der Waals surface area (Å²) in [4.78, 5) is 15.3. The molecule has 1 atom stereocenters. The van der Waals surface area contributed by atoms with E-state index in [-0.39, 0.29) is 6.42 Å². The monoisotopic (exact) mass is 227 g/mol. The first-order valence-corrected chi connectivity index (χ1v) is 5.79. The van der Waals surface area contributed by atoms with Gasteiger partial charge in [-0.2, -0.15) is 0 Å². The van der Waals surface area contributed by atoms with Crippen LogP contribution in [0.2, 0.25) is 0 Å². The number of hydrogen-bond donors (Lipinski definition) is 1. The molecule has 2 rings (SSSR count). The molecule has 4 nitrogen and oxygen atoms in total. The minimum atomic E-state index is -0.832. The second-order valence-electron chi connectivity index (χ2n) is 3.68. The Labute approximate surface area is 91.9 Å². The Morgan fingerprint density at radius 2 is 2.53 bits per heavy atom. The van der Waals surface area contributed by atoms with E-state index in [1.54, 1.807) is 11.3 Å². The molecule has 1 aromatic heterocycles. The number of ether oxygens (including phenoxy) is 1. The lowest BCUT2D eigenvalue weighted by Gasteiger charge is -2.05. The molecule has 15 heavy (non-hydrogen) atoms. The quantitative estimate of drug-likeness (QED) is 0.794. The van der Waals surface area contributed by atoms with Gasteiger partial charge in [-0.15, -0.1) is 11.3 Å². The lowest BCUT2D eigenvalue weighted by molar-refractivity contribution is -0.142. The average molecular weight is 227 g/mol. The molecule has 5 heteroatoms. The second-order valence-corrected chi connectivity index (χ2v) is 4.57. The van der Waals surface area contributed by atoms with Gasteiger partial charge < -0.3 is 9.84 Å². The molecule has 1 saturated carbocycles. The van der Waals surface area contributed by atoms with E-state index in [1.165, 1.54) is 20.0 Å². The van der Waals surface area contributed by atoms with Crippen molar-refractivity contribution < 1.29 is 14.6 Å². The van der Waals surface area contributed by atoms with E-state index < -0.39 is 12.1 Å². The molecule has 1 aromatic rings. The molecule has 0 aliphatic heterocycles. The summed E-state index contributed by atoms with van der Waals surface area (Å²) in [5.74, 6) is 0.178. The Hall–Kier alpha value is -0.940. The van der Waals surface area contributed by atoms with Crippen LogP contribution in [-0.2, 0) is 9.53 Å². The van der Waals surface area contributed by atoms with Crippen molar-refractivity contribution in [3.63, 3.8) is 0 Å². The van der Waals surface area contributed by atoms with Gasteiger partial charge in [-0.1, -0.05) is 0 Å².